The minimum atomic E-state index is -0.230. The van der Waals surface area contributed by atoms with Gasteiger partial charge in [-0.2, -0.15) is 0 Å². The summed E-state index contributed by atoms with van der Waals surface area (Å²) in [5, 5.41) is 6.31. The highest BCUT2D eigenvalue weighted by Crippen LogP contribution is 2.28. The monoisotopic (exact) mass is 323 g/mol. The Labute approximate surface area is 136 Å². The van der Waals surface area contributed by atoms with E-state index in [0.717, 1.165) is 31.3 Å². The number of ether oxygens (including phenoxy) is 1. The standard InChI is InChI=1S/C16H22ClN3O2/c1-11-2-3-12(8-15(11)17)19-16(21)18-9-14-10-20(6-7-22-14)13-4-5-13/h2-3,8,13-14H,4-7,9-10H2,1H3,(H2,18,19,21). The van der Waals surface area contributed by atoms with E-state index in [9.17, 15) is 4.79 Å². The number of hydrogen-bond acceptors (Lipinski definition) is 3. The predicted octanol–water partition coefficient (Wildman–Crippen LogP) is 2.63. The van der Waals surface area contributed by atoms with Gasteiger partial charge in [0.15, 0.2) is 0 Å². The minimum absolute atomic E-state index is 0.0710. The number of anilines is 1. The number of nitrogens with zero attached hydrogens (tertiary/aromatic N) is 1. The third-order valence-corrected chi connectivity index (χ3v) is 4.56. The number of benzene rings is 1. The molecule has 1 aliphatic heterocycles. The lowest BCUT2D eigenvalue weighted by atomic mass is 10.2. The van der Waals surface area contributed by atoms with Crippen LogP contribution in [0.3, 0.4) is 0 Å². The maximum Gasteiger partial charge on any atom is 0.319 e. The molecule has 2 amide bonds. The first-order valence-electron chi connectivity index (χ1n) is 7.78. The zero-order chi connectivity index (χ0) is 15.5. The van der Waals surface area contributed by atoms with Crippen LogP contribution in [0.25, 0.3) is 0 Å². The van der Waals surface area contributed by atoms with Crippen molar-refractivity contribution < 1.29 is 9.53 Å². The van der Waals surface area contributed by atoms with Crippen molar-refractivity contribution in [1.29, 1.82) is 0 Å². The zero-order valence-electron chi connectivity index (χ0n) is 12.8. The van der Waals surface area contributed by atoms with Gasteiger partial charge in [0.1, 0.15) is 0 Å². The van der Waals surface area contributed by atoms with Crippen LogP contribution in [0, 0.1) is 6.92 Å². The van der Waals surface area contributed by atoms with Gasteiger partial charge in [0, 0.05) is 36.4 Å². The second-order valence-corrected chi connectivity index (χ2v) is 6.43. The maximum atomic E-state index is 11.9. The smallest absolute Gasteiger partial charge is 0.319 e. The molecule has 1 saturated heterocycles. The summed E-state index contributed by atoms with van der Waals surface area (Å²) in [6.07, 6.45) is 2.67. The molecular weight excluding hydrogens is 302 g/mol. The van der Waals surface area contributed by atoms with Crippen molar-refractivity contribution in [1.82, 2.24) is 10.2 Å². The van der Waals surface area contributed by atoms with E-state index in [-0.39, 0.29) is 12.1 Å². The Morgan fingerprint density at radius 1 is 1.45 bits per heavy atom. The molecule has 1 aromatic carbocycles. The highest BCUT2D eigenvalue weighted by Gasteiger charge is 2.32. The van der Waals surface area contributed by atoms with E-state index in [1.54, 1.807) is 6.07 Å². The van der Waals surface area contributed by atoms with Gasteiger partial charge in [0.25, 0.3) is 0 Å². The molecule has 2 N–H and O–H groups in total. The van der Waals surface area contributed by atoms with Crippen LogP contribution < -0.4 is 10.6 Å². The number of aryl methyl sites for hydroxylation is 1. The van der Waals surface area contributed by atoms with Crippen LogP contribution in [0.5, 0.6) is 0 Å². The Balaban J connectivity index is 1.44. The molecule has 6 heteroatoms. The molecular formula is C16H22ClN3O2. The maximum absolute atomic E-state index is 11.9. The lowest BCUT2D eigenvalue weighted by molar-refractivity contribution is -0.0286. The Kier molecular flexibility index (Phi) is 4.86. The second-order valence-electron chi connectivity index (χ2n) is 6.02. The van der Waals surface area contributed by atoms with Crippen molar-refractivity contribution in [2.75, 3.05) is 31.6 Å². The SMILES string of the molecule is Cc1ccc(NC(=O)NCC2CN(C3CC3)CCO2)cc1Cl. The van der Waals surface area contributed by atoms with Crippen molar-refractivity contribution in [2.45, 2.75) is 31.9 Å². The number of carbonyl (C=O) groups is 1. The zero-order valence-corrected chi connectivity index (χ0v) is 13.5. The van der Waals surface area contributed by atoms with Gasteiger partial charge in [-0.15, -0.1) is 0 Å². The number of morpholine rings is 1. The van der Waals surface area contributed by atoms with Crippen LogP contribution in [0.15, 0.2) is 18.2 Å². The van der Waals surface area contributed by atoms with E-state index >= 15 is 0 Å². The fourth-order valence-corrected chi connectivity index (χ4v) is 2.87. The van der Waals surface area contributed by atoms with Gasteiger partial charge in [0.2, 0.25) is 0 Å². The number of amides is 2. The predicted molar refractivity (Wildman–Crippen MR) is 87.5 cm³/mol. The summed E-state index contributed by atoms with van der Waals surface area (Å²) in [6, 6.07) is 5.99. The average molecular weight is 324 g/mol. The molecule has 1 heterocycles. The largest absolute Gasteiger partial charge is 0.374 e. The van der Waals surface area contributed by atoms with Crippen molar-refractivity contribution in [3.8, 4) is 0 Å². The number of carbonyl (C=O) groups excluding carboxylic acids is 1. The summed E-state index contributed by atoms with van der Waals surface area (Å²) in [6.45, 7) is 5.11. The Bertz CT molecular complexity index is 548. The molecule has 0 radical (unpaired) electrons. The van der Waals surface area contributed by atoms with E-state index in [1.807, 2.05) is 19.1 Å². The van der Waals surface area contributed by atoms with Gasteiger partial charge < -0.3 is 15.4 Å². The van der Waals surface area contributed by atoms with Gasteiger partial charge in [-0.25, -0.2) is 4.79 Å². The van der Waals surface area contributed by atoms with Crippen molar-refractivity contribution in [3.63, 3.8) is 0 Å². The van der Waals surface area contributed by atoms with Gasteiger partial charge in [-0.1, -0.05) is 17.7 Å². The molecule has 0 aromatic heterocycles. The molecule has 1 saturated carbocycles. The first-order valence-corrected chi connectivity index (χ1v) is 8.16. The van der Waals surface area contributed by atoms with E-state index in [4.69, 9.17) is 16.3 Å². The summed E-state index contributed by atoms with van der Waals surface area (Å²) < 4.78 is 5.72. The Hall–Kier alpha value is -1.30. The fourth-order valence-electron chi connectivity index (χ4n) is 2.69. The lowest BCUT2D eigenvalue weighted by Gasteiger charge is -2.33. The molecule has 2 fully saturated rings. The third kappa shape index (κ3) is 4.12. The molecule has 5 nitrogen and oxygen atoms in total. The normalized spacial score (nSPS) is 22.4. The third-order valence-electron chi connectivity index (χ3n) is 4.15. The average Bonchev–Trinajstić information content (AvgIpc) is 3.34. The van der Waals surface area contributed by atoms with Gasteiger partial charge in [0.05, 0.1) is 12.7 Å². The van der Waals surface area contributed by atoms with Gasteiger partial charge in [-0.3, -0.25) is 4.90 Å². The molecule has 1 aliphatic carbocycles. The number of urea groups is 1. The summed E-state index contributed by atoms with van der Waals surface area (Å²) >= 11 is 6.05. The first-order chi connectivity index (χ1) is 10.6. The number of rotatable bonds is 4. The number of halogens is 1. The van der Waals surface area contributed by atoms with Crippen LogP contribution >= 0.6 is 11.6 Å². The molecule has 1 atom stereocenters. The second kappa shape index (κ2) is 6.86. The molecule has 2 aliphatic rings. The first kappa shape index (κ1) is 15.6. The van der Waals surface area contributed by atoms with E-state index in [2.05, 4.69) is 15.5 Å². The van der Waals surface area contributed by atoms with Crippen LogP contribution in [0.1, 0.15) is 18.4 Å². The number of nitrogens with one attached hydrogen (secondary N) is 2. The lowest BCUT2D eigenvalue weighted by Crippen LogP contribution is -2.48. The molecule has 0 spiro atoms. The van der Waals surface area contributed by atoms with Crippen LogP contribution in [-0.2, 0) is 4.74 Å². The molecule has 0 bridgehead atoms. The summed E-state index contributed by atoms with van der Waals surface area (Å²) in [5.41, 5.74) is 1.68. The van der Waals surface area contributed by atoms with Gasteiger partial charge >= 0.3 is 6.03 Å². The highest BCUT2D eigenvalue weighted by molar-refractivity contribution is 6.31. The molecule has 1 aromatic rings. The van der Waals surface area contributed by atoms with Crippen molar-refractivity contribution in [3.05, 3.63) is 28.8 Å². The highest BCUT2D eigenvalue weighted by atomic mass is 35.5. The van der Waals surface area contributed by atoms with E-state index < -0.39 is 0 Å². The quantitative estimate of drug-likeness (QED) is 0.895. The Morgan fingerprint density at radius 3 is 3.00 bits per heavy atom. The topological polar surface area (TPSA) is 53.6 Å². The summed E-state index contributed by atoms with van der Waals surface area (Å²) in [7, 11) is 0. The molecule has 22 heavy (non-hydrogen) atoms. The van der Waals surface area contributed by atoms with Crippen LogP contribution in [0.2, 0.25) is 5.02 Å². The molecule has 1 unspecified atom stereocenters. The van der Waals surface area contributed by atoms with E-state index in [1.165, 1.54) is 12.8 Å². The van der Waals surface area contributed by atoms with Crippen LogP contribution in [0.4, 0.5) is 10.5 Å². The summed E-state index contributed by atoms with van der Waals surface area (Å²) in [4.78, 5) is 14.4. The fraction of sp³-hybridized carbons (Fsp3) is 0.562. The van der Waals surface area contributed by atoms with Crippen LogP contribution in [-0.4, -0.2) is 49.3 Å². The van der Waals surface area contributed by atoms with Crippen molar-refractivity contribution >= 4 is 23.3 Å². The van der Waals surface area contributed by atoms with Crippen molar-refractivity contribution in [2.24, 2.45) is 0 Å². The summed E-state index contributed by atoms with van der Waals surface area (Å²) in [5.74, 6) is 0. The minimum Gasteiger partial charge on any atom is -0.374 e. The van der Waals surface area contributed by atoms with Gasteiger partial charge in [-0.05, 0) is 37.5 Å². The Morgan fingerprint density at radius 2 is 2.27 bits per heavy atom. The molecule has 120 valence electrons. The number of hydrogen-bond donors (Lipinski definition) is 2. The molecule has 3 rings (SSSR count). The van der Waals surface area contributed by atoms with E-state index in [0.29, 0.717) is 17.3 Å².